The standard InChI is InChI=1S/C16H20N4O2/c21-16(18-13-9-5-2-6-10-13)17-11-14-19-15(20-22-14)12-7-3-1-4-8-12/h1,3-4,7-8,13H,2,5-6,9-11H2,(H2,17,18,21). The van der Waals surface area contributed by atoms with Gasteiger partial charge >= 0.3 is 6.03 Å². The van der Waals surface area contributed by atoms with Gasteiger partial charge in [-0.25, -0.2) is 4.79 Å². The van der Waals surface area contributed by atoms with E-state index >= 15 is 0 Å². The molecule has 1 fully saturated rings. The van der Waals surface area contributed by atoms with Crippen LogP contribution >= 0.6 is 0 Å². The van der Waals surface area contributed by atoms with Crippen LogP contribution in [0, 0.1) is 0 Å². The van der Waals surface area contributed by atoms with Crippen molar-refractivity contribution in [2.75, 3.05) is 0 Å². The molecular formula is C16H20N4O2. The van der Waals surface area contributed by atoms with Gasteiger partial charge in [-0.05, 0) is 12.8 Å². The van der Waals surface area contributed by atoms with E-state index in [1.54, 1.807) is 0 Å². The lowest BCUT2D eigenvalue weighted by atomic mass is 9.96. The number of rotatable bonds is 4. The van der Waals surface area contributed by atoms with E-state index in [0.29, 0.717) is 11.7 Å². The van der Waals surface area contributed by atoms with Gasteiger partial charge in [0.1, 0.15) is 0 Å². The Morgan fingerprint density at radius 2 is 1.95 bits per heavy atom. The number of nitrogens with one attached hydrogen (secondary N) is 2. The van der Waals surface area contributed by atoms with Gasteiger partial charge < -0.3 is 15.2 Å². The van der Waals surface area contributed by atoms with Crippen molar-refractivity contribution in [3.63, 3.8) is 0 Å². The van der Waals surface area contributed by atoms with Crippen molar-refractivity contribution in [3.05, 3.63) is 36.2 Å². The van der Waals surface area contributed by atoms with Gasteiger partial charge in [0, 0.05) is 11.6 Å². The molecule has 22 heavy (non-hydrogen) atoms. The molecule has 6 heteroatoms. The maximum absolute atomic E-state index is 11.8. The summed E-state index contributed by atoms with van der Waals surface area (Å²) in [5, 5.41) is 9.67. The van der Waals surface area contributed by atoms with Crippen LogP contribution in [0.15, 0.2) is 34.9 Å². The van der Waals surface area contributed by atoms with Crippen molar-refractivity contribution < 1.29 is 9.32 Å². The van der Waals surface area contributed by atoms with E-state index in [2.05, 4.69) is 20.8 Å². The van der Waals surface area contributed by atoms with Gasteiger partial charge in [0.25, 0.3) is 0 Å². The lowest BCUT2D eigenvalue weighted by molar-refractivity contribution is 0.230. The summed E-state index contributed by atoms with van der Waals surface area (Å²) in [7, 11) is 0. The third-order valence-corrected chi connectivity index (χ3v) is 3.84. The molecule has 1 aliphatic rings. The summed E-state index contributed by atoms with van der Waals surface area (Å²) in [6, 6.07) is 9.71. The lowest BCUT2D eigenvalue weighted by Gasteiger charge is -2.22. The normalized spacial score (nSPS) is 15.5. The van der Waals surface area contributed by atoms with Crippen molar-refractivity contribution in [2.45, 2.75) is 44.7 Å². The molecule has 2 amide bonds. The van der Waals surface area contributed by atoms with Crippen LogP contribution in [0.3, 0.4) is 0 Å². The van der Waals surface area contributed by atoms with Gasteiger partial charge in [0.15, 0.2) is 0 Å². The zero-order chi connectivity index (χ0) is 15.2. The minimum Gasteiger partial charge on any atom is -0.337 e. The highest BCUT2D eigenvalue weighted by Crippen LogP contribution is 2.17. The van der Waals surface area contributed by atoms with E-state index < -0.39 is 0 Å². The van der Waals surface area contributed by atoms with E-state index in [1.807, 2.05) is 30.3 Å². The van der Waals surface area contributed by atoms with Crippen LogP contribution < -0.4 is 10.6 Å². The molecular weight excluding hydrogens is 280 g/mol. The van der Waals surface area contributed by atoms with Gasteiger partial charge in [0.05, 0.1) is 6.54 Å². The molecule has 0 aliphatic heterocycles. The van der Waals surface area contributed by atoms with Gasteiger partial charge in [-0.15, -0.1) is 0 Å². The van der Waals surface area contributed by atoms with E-state index in [1.165, 1.54) is 19.3 Å². The Kier molecular flexibility index (Phi) is 4.68. The summed E-state index contributed by atoms with van der Waals surface area (Å²) in [6.45, 7) is 0.235. The Morgan fingerprint density at radius 3 is 2.73 bits per heavy atom. The Balaban J connectivity index is 1.49. The molecule has 1 heterocycles. The molecule has 3 rings (SSSR count). The predicted molar refractivity (Wildman–Crippen MR) is 82.0 cm³/mol. The number of urea groups is 1. The van der Waals surface area contributed by atoms with Crippen LogP contribution in [-0.2, 0) is 6.54 Å². The van der Waals surface area contributed by atoms with Gasteiger partial charge in [-0.3, -0.25) is 0 Å². The number of hydrogen-bond acceptors (Lipinski definition) is 4. The molecule has 0 unspecified atom stereocenters. The molecule has 2 N–H and O–H groups in total. The molecule has 0 atom stereocenters. The Hall–Kier alpha value is -2.37. The fourth-order valence-corrected chi connectivity index (χ4v) is 2.67. The second-order valence-corrected chi connectivity index (χ2v) is 5.54. The quantitative estimate of drug-likeness (QED) is 0.910. The van der Waals surface area contributed by atoms with E-state index in [-0.39, 0.29) is 18.6 Å². The van der Waals surface area contributed by atoms with E-state index in [4.69, 9.17) is 4.52 Å². The predicted octanol–water partition coefficient (Wildman–Crippen LogP) is 2.87. The lowest BCUT2D eigenvalue weighted by Crippen LogP contribution is -2.42. The molecule has 0 bridgehead atoms. The summed E-state index contributed by atoms with van der Waals surface area (Å²) in [5.74, 6) is 0.933. The first-order valence-electron chi connectivity index (χ1n) is 7.73. The number of amides is 2. The highest BCUT2D eigenvalue weighted by Gasteiger charge is 2.16. The summed E-state index contributed by atoms with van der Waals surface area (Å²) in [5.41, 5.74) is 0.893. The van der Waals surface area contributed by atoms with E-state index in [0.717, 1.165) is 18.4 Å². The number of nitrogens with zero attached hydrogens (tertiary/aromatic N) is 2. The topological polar surface area (TPSA) is 80.1 Å². The molecule has 0 radical (unpaired) electrons. The largest absolute Gasteiger partial charge is 0.337 e. The summed E-state index contributed by atoms with van der Waals surface area (Å²) in [4.78, 5) is 16.1. The molecule has 0 spiro atoms. The van der Waals surface area contributed by atoms with Gasteiger partial charge in [0.2, 0.25) is 11.7 Å². The fourth-order valence-electron chi connectivity index (χ4n) is 2.67. The summed E-state index contributed by atoms with van der Waals surface area (Å²) < 4.78 is 5.16. The SMILES string of the molecule is O=C(NCc1nc(-c2ccccc2)no1)NC1CCCCC1. The highest BCUT2D eigenvalue weighted by molar-refractivity contribution is 5.74. The second kappa shape index (κ2) is 7.06. The van der Waals surface area contributed by atoms with Crippen LogP contribution in [0.5, 0.6) is 0 Å². The smallest absolute Gasteiger partial charge is 0.315 e. The van der Waals surface area contributed by atoms with Gasteiger partial charge in [-0.2, -0.15) is 4.98 Å². The van der Waals surface area contributed by atoms with Crippen molar-refractivity contribution >= 4 is 6.03 Å². The third kappa shape index (κ3) is 3.84. The number of hydrogen-bond donors (Lipinski definition) is 2. The second-order valence-electron chi connectivity index (χ2n) is 5.54. The zero-order valence-corrected chi connectivity index (χ0v) is 12.4. The minimum absolute atomic E-state index is 0.175. The highest BCUT2D eigenvalue weighted by atomic mass is 16.5. The number of carbonyl (C=O) groups excluding carboxylic acids is 1. The third-order valence-electron chi connectivity index (χ3n) is 3.84. The molecule has 116 valence electrons. The first-order valence-corrected chi connectivity index (χ1v) is 7.73. The summed E-state index contributed by atoms with van der Waals surface area (Å²) in [6.07, 6.45) is 5.77. The Morgan fingerprint density at radius 1 is 1.18 bits per heavy atom. The first kappa shape index (κ1) is 14.6. The maximum Gasteiger partial charge on any atom is 0.315 e. The minimum atomic E-state index is -0.175. The van der Waals surface area contributed by atoms with Crippen molar-refractivity contribution in [1.29, 1.82) is 0 Å². The van der Waals surface area contributed by atoms with Crippen LogP contribution in [0.1, 0.15) is 38.0 Å². The molecule has 1 aromatic heterocycles. The molecule has 1 aliphatic carbocycles. The van der Waals surface area contributed by atoms with Gasteiger partial charge in [-0.1, -0.05) is 54.8 Å². The molecule has 1 aromatic carbocycles. The first-order chi connectivity index (χ1) is 10.8. The fraction of sp³-hybridized carbons (Fsp3) is 0.438. The molecule has 1 saturated carbocycles. The maximum atomic E-state index is 11.8. The Bertz CT molecular complexity index is 606. The van der Waals surface area contributed by atoms with Crippen LogP contribution in [0.2, 0.25) is 0 Å². The molecule has 2 aromatic rings. The van der Waals surface area contributed by atoms with Crippen molar-refractivity contribution in [1.82, 2.24) is 20.8 Å². The average molecular weight is 300 g/mol. The average Bonchev–Trinajstić information content (AvgIpc) is 3.04. The number of aromatic nitrogens is 2. The van der Waals surface area contributed by atoms with Crippen LogP contribution in [0.4, 0.5) is 4.79 Å². The number of carbonyl (C=O) groups is 1. The zero-order valence-electron chi connectivity index (χ0n) is 12.4. The van der Waals surface area contributed by atoms with Crippen molar-refractivity contribution in [3.8, 4) is 11.4 Å². The van der Waals surface area contributed by atoms with Crippen LogP contribution in [-0.4, -0.2) is 22.2 Å². The molecule has 6 nitrogen and oxygen atoms in total. The van der Waals surface area contributed by atoms with Crippen molar-refractivity contribution in [2.24, 2.45) is 0 Å². The van der Waals surface area contributed by atoms with Crippen LogP contribution in [0.25, 0.3) is 11.4 Å². The van der Waals surface area contributed by atoms with E-state index in [9.17, 15) is 4.79 Å². The number of benzene rings is 1. The summed E-state index contributed by atoms with van der Waals surface area (Å²) >= 11 is 0. The monoisotopic (exact) mass is 300 g/mol. The molecule has 0 saturated heterocycles. The Labute approximate surface area is 129 Å².